The second-order valence-corrected chi connectivity index (χ2v) is 10.7. The minimum absolute atomic E-state index is 0.291. The molecule has 3 aromatic carbocycles. The Kier molecular flexibility index (Phi) is 5.52. The van der Waals surface area contributed by atoms with Crippen LogP contribution in [0.4, 0.5) is 10.5 Å². The molecule has 7 rings (SSSR count). The van der Waals surface area contributed by atoms with Crippen LogP contribution in [0.25, 0.3) is 26.8 Å². The topological polar surface area (TPSA) is 80.8 Å². The molecule has 2 atom stereocenters. The summed E-state index contributed by atoms with van der Waals surface area (Å²) in [6.07, 6.45) is 5.20. The van der Waals surface area contributed by atoms with Gasteiger partial charge >= 0.3 is 6.03 Å². The summed E-state index contributed by atoms with van der Waals surface area (Å²) in [7, 11) is 0. The molecule has 3 amide bonds. The van der Waals surface area contributed by atoms with Gasteiger partial charge in [-0.1, -0.05) is 54.1 Å². The van der Waals surface area contributed by atoms with Gasteiger partial charge in [0.1, 0.15) is 18.5 Å². The number of carbonyl (C=O) groups is 2. The van der Waals surface area contributed by atoms with E-state index in [0.29, 0.717) is 35.4 Å². The Labute approximate surface area is 227 Å². The van der Waals surface area contributed by atoms with Gasteiger partial charge in [0.25, 0.3) is 5.91 Å². The van der Waals surface area contributed by atoms with Crippen LogP contribution < -0.4 is 19.7 Å². The lowest BCUT2D eigenvalue weighted by Crippen LogP contribution is -2.60. The van der Waals surface area contributed by atoms with Gasteiger partial charge in [-0.3, -0.25) is 9.78 Å². The van der Waals surface area contributed by atoms with Crippen LogP contribution in [0.2, 0.25) is 5.02 Å². The smallest absolute Gasteiger partial charge is 0.329 e. The molecule has 9 heteroatoms. The number of hydrogen-bond acceptors (Lipinski definition) is 6. The Morgan fingerprint density at radius 1 is 0.974 bits per heavy atom. The number of halogens is 1. The summed E-state index contributed by atoms with van der Waals surface area (Å²) < 4.78 is 11.5. The first-order valence-corrected chi connectivity index (χ1v) is 13.4. The maximum absolute atomic E-state index is 13.8. The number of amides is 3. The molecule has 0 spiro atoms. The number of ether oxygens (including phenoxy) is 2. The summed E-state index contributed by atoms with van der Waals surface area (Å²) in [4.78, 5) is 33.3. The standard InChI is InChI=1S/C29H20ClN3O4S/c30-20-7-3-6-19(16-8-9-23-24(12-16)37-11-10-36-23)26(20)25-13-21-27(38-25)28(34)33(29(35)32-21)22-15-31-14-17-4-1-2-5-18(17)22/h1-9,12-15,21,27H,10-11H2,(H,32,35). The van der Waals surface area contributed by atoms with Crippen molar-refractivity contribution in [2.45, 2.75) is 11.3 Å². The summed E-state index contributed by atoms with van der Waals surface area (Å²) in [5, 5.41) is 4.66. The highest BCUT2D eigenvalue weighted by Gasteiger charge is 2.46. The molecule has 4 aromatic rings. The number of pyridine rings is 1. The number of fused-ring (bicyclic) bond motifs is 3. The molecule has 1 aromatic heterocycles. The van der Waals surface area contributed by atoms with Crippen molar-refractivity contribution >= 4 is 56.7 Å². The fourth-order valence-electron chi connectivity index (χ4n) is 5.13. The van der Waals surface area contributed by atoms with Gasteiger partial charge in [-0.25, -0.2) is 9.69 Å². The zero-order chi connectivity index (χ0) is 25.8. The molecule has 1 N–H and O–H groups in total. The summed E-state index contributed by atoms with van der Waals surface area (Å²) in [5.41, 5.74) is 3.10. The number of thioether (sulfide) groups is 1. The molecule has 0 bridgehead atoms. The van der Waals surface area contributed by atoms with Crippen molar-refractivity contribution in [3.8, 4) is 22.6 Å². The van der Waals surface area contributed by atoms with E-state index in [4.69, 9.17) is 21.1 Å². The summed E-state index contributed by atoms with van der Waals surface area (Å²) in [6.45, 7) is 1.01. The summed E-state index contributed by atoms with van der Waals surface area (Å²) in [5.74, 6) is 1.10. The minimum atomic E-state index is -0.536. The molecule has 3 aliphatic heterocycles. The molecular weight excluding hydrogens is 522 g/mol. The van der Waals surface area contributed by atoms with Crippen LogP contribution in [0.3, 0.4) is 0 Å². The van der Waals surface area contributed by atoms with E-state index in [1.807, 2.05) is 66.7 Å². The van der Waals surface area contributed by atoms with Crippen molar-refractivity contribution < 1.29 is 19.1 Å². The number of anilines is 1. The van der Waals surface area contributed by atoms with Gasteiger partial charge < -0.3 is 14.8 Å². The number of nitrogens with zero attached hydrogens (tertiary/aromatic N) is 2. The predicted octanol–water partition coefficient (Wildman–Crippen LogP) is 5.91. The number of imide groups is 1. The van der Waals surface area contributed by atoms with E-state index in [0.717, 1.165) is 32.4 Å². The van der Waals surface area contributed by atoms with Crippen molar-refractivity contribution in [1.29, 1.82) is 0 Å². The number of urea groups is 1. The highest BCUT2D eigenvalue weighted by molar-refractivity contribution is 8.09. The van der Waals surface area contributed by atoms with E-state index < -0.39 is 17.3 Å². The van der Waals surface area contributed by atoms with Gasteiger partial charge in [0.2, 0.25) is 0 Å². The Hall–Kier alpha value is -4.01. The molecule has 2 unspecified atom stereocenters. The lowest BCUT2D eigenvalue weighted by molar-refractivity contribution is -0.118. The number of hydrogen-bond donors (Lipinski definition) is 1. The maximum atomic E-state index is 13.8. The van der Waals surface area contributed by atoms with E-state index >= 15 is 0 Å². The van der Waals surface area contributed by atoms with Crippen LogP contribution in [-0.4, -0.2) is 41.4 Å². The first kappa shape index (κ1) is 23.1. The monoisotopic (exact) mass is 541 g/mol. The van der Waals surface area contributed by atoms with Gasteiger partial charge in [-0.2, -0.15) is 0 Å². The molecule has 4 heterocycles. The minimum Gasteiger partial charge on any atom is -0.486 e. The Morgan fingerprint density at radius 3 is 2.71 bits per heavy atom. The van der Waals surface area contributed by atoms with E-state index in [1.165, 1.54) is 16.7 Å². The molecule has 0 aliphatic carbocycles. The second kappa shape index (κ2) is 9.08. The van der Waals surface area contributed by atoms with Crippen molar-refractivity contribution in [1.82, 2.24) is 10.3 Å². The molecule has 38 heavy (non-hydrogen) atoms. The largest absolute Gasteiger partial charge is 0.486 e. The highest BCUT2D eigenvalue weighted by atomic mass is 35.5. The van der Waals surface area contributed by atoms with Crippen molar-refractivity contribution in [3.63, 3.8) is 0 Å². The fraction of sp³-hybridized carbons (Fsp3) is 0.138. The van der Waals surface area contributed by atoms with E-state index in [2.05, 4.69) is 10.3 Å². The lowest BCUT2D eigenvalue weighted by atomic mass is 9.97. The number of aromatic nitrogens is 1. The van der Waals surface area contributed by atoms with Gasteiger partial charge in [0.15, 0.2) is 11.5 Å². The second-order valence-electron chi connectivity index (χ2n) is 9.12. The zero-order valence-electron chi connectivity index (χ0n) is 19.9. The van der Waals surface area contributed by atoms with Gasteiger partial charge in [-0.15, -0.1) is 11.8 Å². The predicted molar refractivity (Wildman–Crippen MR) is 149 cm³/mol. The Morgan fingerprint density at radius 2 is 1.82 bits per heavy atom. The van der Waals surface area contributed by atoms with Crippen LogP contribution in [0.15, 0.2) is 79.1 Å². The third kappa shape index (κ3) is 3.71. The van der Waals surface area contributed by atoms with Gasteiger partial charge in [0, 0.05) is 32.5 Å². The molecule has 1 fully saturated rings. The molecule has 0 radical (unpaired) electrons. The number of rotatable bonds is 3. The molecular formula is C29H20ClN3O4S. The van der Waals surface area contributed by atoms with Crippen molar-refractivity contribution in [2.24, 2.45) is 0 Å². The maximum Gasteiger partial charge on any atom is 0.329 e. The van der Waals surface area contributed by atoms with E-state index in [1.54, 1.807) is 12.4 Å². The van der Waals surface area contributed by atoms with Crippen LogP contribution in [0, 0.1) is 0 Å². The summed E-state index contributed by atoms with van der Waals surface area (Å²) in [6, 6.07) is 18.2. The SMILES string of the molecule is O=C1NC2C=C(c3c(Cl)cccc3-c3ccc4c(c3)OCCO4)SC2C(=O)N1c1cncc2ccccc12. The van der Waals surface area contributed by atoms with Gasteiger partial charge in [0.05, 0.1) is 17.9 Å². The van der Waals surface area contributed by atoms with Crippen LogP contribution in [0.5, 0.6) is 11.5 Å². The van der Waals surface area contributed by atoms with E-state index in [9.17, 15) is 9.59 Å². The molecule has 188 valence electrons. The van der Waals surface area contributed by atoms with Crippen LogP contribution in [0.1, 0.15) is 5.56 Å². The lowest BCUT2D eigenvalue weighted by Gasteiger charge is -2.33. The van der Waals surface area contributed by atoms with Crippen LogP contribution in [-0.2, 0) is 4.79 Å². The number of carbonyl (C=O) groups excluding carboxylic acids is 2. The number of benzene rings is 3. The Bertz CT molecular complexity index is 1670. The first-order valence-electron chi connectivity index (χ1n) is 12.1. The third-order valence-corrected chi connectivity index (χ3v) is 8.53. The molecule has 3 aliphatic rings. The highest BCUT2D eigenvalue weighted by Crippen LogP contribution is 2.48. The average molecular weight is 542 g/mol. The van der Waals surface area contributed by atoms with Gasteiger partial charge in [-0.05, 0) is 35.4 Å². The normalized spacial score (nSPS) is 20.2. The quantitative estimate of drug-likeness (QED) is 0.347. The fourth-order valence-corrected chi connectivity index (χ4v) is 6.80. The first-order chi connectivity index (χ1) is 18.6. The molecule has 1 saturated heterocycles. The zero-order valence-corrected chi connectivity index (χ0v) is 21.5. The van der Waals surface area contributed by atoms with Crippen molar-refractivity contribution in [2.75, 3.05) is 18.1 Å². The number of nitrogens with one attached hydrogen (secondary N) is 1. The molecule has 7 nitrogen and oxygen atoms in total. The van der Waals surface area contributed by atoms with E-state index in [-0.39, 0.29) is 5.91 Å². The molecule has 0 saturated carbocycles. The van der Waals surface area contributed by atoms with Crippen LogP contribution >= 0.6 is 23.4 Å². The summed E-state index contributed by atoms with van der Waals surface area (Å²) >= 11 is 8.16. The third-order valence-electron chi connectivity index (χ3n) is 6.87. The average Bonchev–Trinajstić information content (AvgIpc) is 3.36. The van der Waals surface area contributed by atoms with Crippen molar-refractivity contribution in [3.05, 3.63) is 89.7 Å². The Balaban J connectivity index is 1.25.